The van der Waals surface area contributed by atoms with Crippen LogP contribution in [0, 0.1) is 12.3 Å². The monoisotopic (exact) mass is 321 g/mol. The van der Waals surface area contributed by atoms with E-state index in [0.29, 0.717) is 22.7 Å². The summed E-state index contributed by atoms with van der Waals surface area (Å²) in [5.41, 5.74) is 6.61. The minimum absolute atomic E-state index is 0.248. The Morgan fingerprint density at radius 1 is 1.36 bits per heavy atom. The number of ether oxygens (including phenoxy) is 1. The fraction of sp³-hybridized carbons (Fsp3) is 0.462. The molecule has 1 aliphatic heterocycles. The van der Waals surface area contributed by atoms with Gasteiger partial charge in [-0.2, -0.15) is 0 Å². The number of aliphatic hydroxyl groups excluding tert-OH is 2. The van der Waals surface area contributed by atoms with Crippen molar-refractivity contribution in [2.24, 2.45) is 0 Å². The standard InChI is InChI=1S/C13H15N5O3S/c1-2-3-22-4-7-9(19)10(20)13(21-7)18-6-17-8-11(14)15-5-16-12(8)18/h1,5-7,9-10,13,19-20H,3-4H2,(H2,14,15,16)/t7-,9?,10?,13-/m1/s1. The SMILES string of the molecule is C#CCSC[C@H]1O[C@@H](n2cnc3c(N)ncnc32)C(O)C1O. The number of nitrogen functional groups attached to an aromatic ring is 1. The average Bonchev–Trinajstić information content (AvgIpc) is 3.05. The molecule has 1 saturated heterocycles. The third kappa shape index (κ3) is 2.50. The maximum atomic E-state index is 10.2. The predicted molar refractivity (Wildman–Crippen MR) is 81.8 cm³/mol. The molecule has 2 aromatic heterocycles. The number of rotatable bonds is 4. The summed E-state index contributed by atoms with van der Waals surface area (Å²) in [4.78, 5) is 12.1. The van der Waals surface area contributed by atoms with E-state index in [9.17, 15) is 10.2 Å². The summed E-state index contributed by atoms with van der Waals surface area (Å²) in [6.07, 6.45) is 4.57. The number of nitrogens with two attached hydrogens (primary N) is 1. The molecule has 1 fully saturated rings. The van der Waals surface area contributed by atoms with Crippen LogP contribution in [-0.4, -0.2) is 59.5 Å². The number of imidazole rings is 1. The van der Waals surface area contributed by atoms with Crippen LogP contribution in [0.2, 0.25) is 0 Å². The van der Waals surface area contributed by atoms with Gasteiger partial charge in [-0.3, -0.25) is 4.57 Å². The molecule has 8 nitrogen and oxygen atoms in total. The van der Waals surface area contributed by atoms with E-state index in [1.807, 2.05) is 0 Å². The van der Waals surface area contributed by atoms with Crippen LogP contribution in [0.15, 0.2) is 12.7 Å². The molecule has 22 heavy (non-hydrogen) atoms. The number of hydrogen-bond acceptors (Lipinski definition) is 8. The summed E-state index contributed by atoms with van der Waals surface area (Å²) in [5, 5.41) is 20.4. The Hall–Kier alpha value is -1.86. The van der Waals surface area contributed by atoms with Crippen LogP contribution in [0.25, 0.3) is 11.2 Å². The number of nitrogens with zero attached hydrogens (tertiary/aromatic N) is 4. The van der Waals surface area contributed by atoms with E-state index in [2.05, 4.69) is 20.9 Å². The zero-order valence-corrected chi connectivity index (χ0v) is 12.3. The van der Waals surface area contributed by atoms with Crippen LogP contribution < -0.4 is 5.73 Å². The van der Waals surface area contributed by atoms with E-state index in [-0.39, 0.29) is 5.82 Å². The molecule has 2 aromatic rings. The van der Waals surface area contributed by atoms with E-state index in [1.54, 1.807) is 4.57 Å². The minimum atomic E-state index is -1.09. The van der Waals surface area contributed by atoms with Crippen molar-refractivity contribution in [2.45, 2.75) is 24.5 Å². The van der Waals surface area contributed by atoms with Gasteiger partial charge in [-0.25, -0.2) is 15.0 Å². The molecule has 3 heterocycles. The second-order valence-corrected chi connectivity index (χ2v) is 5.88. The van der Waals surface area contributed by atoms with Crippen molar-refractivity contribution in [3.8, 4) is 12.3 Å². The quantitative estimate of drug-likeness (QED) is 0.504. The summed E-state index contributed by atoms with van der Waals surface area (Å²) in [5.74, 6) is 3.76. The molecule has 0 spiro atoms. The lowest BCUT2D eigenvalue weighted by Gasteiger charge is -2.16. The molecular formula is C13H15N5O3S. The maximum Gasteiger partial charge on any atom is 0.167 e. The Kier molecular flexibility index (Phi) is 4.17. The van der Waals surface area contributed by atoms with Gasteiger partial charge in [0.1, 0.15) is 24.1 Å². The highest BCUT2D eigenvalue weighted by molar-refractivity contribution is 7.99. The first-order valence-electron chi connectivity index (χ1n) is 6.59. The molecule has 2 unspecified atom stereocenters. The van der Waals surface area contributed by atoms with E-state index in [4.69, 9.17) is 16.9 Å². The normalized spacial score (nSPS) is 28.0. The summed E-state index contributed by atoms with van der Waals surface area (Å²) < 4.78 is 7.31. The van der Waals surface area contributed by atoms with Crippen LogP contribution in [0.4, 0.5) is 5.82 Å². The largest absolute Gasteiger partial charge is 0.387 e. The van der Waals surface area contributed by atoms with E-state index in [0.717, 1.165) is 0 Å². The lowest BCUT2D eigenvalue weighted by molar-refractivity contribution is -0.0288. The van der Waals surface area contributed by atoms with E-state index >= 15 is 0 Å². The van der Waals surface area contributed by atoms with Crippen molar-refractivity contribution >= 4 is 28.7 Å². The van der Waals surface area contributed by atoms with Crippen LogP contribution >= 0.6 is 11.8 Å². The Bertz CT molecular complexity index is 715. The lowest BCUT2D eigenvalue weighted by atomic mass is 10.1. The highest BCUT2D eigenvalue weighted by atomic mass is 32.2. The van der Waals surface area contributed by atoms with Crippen molar-refractivity contribution in [1.82, 2.24) is 19.5 Å². The highest BCUT2D eigenvalue weighted by Gasteiger charge is 2.44. The van der Waals surface area contributed by atoms with Gasteiger partial charge >= 0.3 is 0 Å². The van der Waals surface area contributed by atoms with Gasteiger partial charge in [0.15, 0.2) is 17.7 Å². The highest BCUT2D eigenvalue weighted by Crippen LogP contribution is 2.33. The Labute approximate surface area is 130 Å². The van der Waals surface area contributed by atoms with Gasteiger partial charge in [-0.05, 0) is 0 Å². The smallest absolute Gasteiger partial charge is 0.167 e. The molecule has 4 atom stereocenters. The molecule has 3 rings (SSSR count). The second-order valence-electron chi connectivity index (χ2n) is 4.85. The number of aliphatic hydroxyl groups is 2. The van der Waals surface area contributed by atoms with Crippen molar-refractivity contribution in [3.05, 3.63) is 12.7 Å². The molecule has 9 heteroatoms. The Morgan fingerprint density at radius 2 is 2.18 bits per heavy atom. The minimum Gasteiger partial charge on any atom is -0.387 e. The van der Waals surface area contributed by atoms with Gasteiger partial charge in [0, 0.05) is 5.75 Å². The molecule has 4 N–H and O–H groups in total. The number of thioether (sulfide) groups is 1. The summed E-state index contributed by atoms with van der Waals surface area (Å²) in [6.45, 7) is 0. The summed E-state index contributed by atoms with van der Waals surface area (Å²) >= 11 is 1.46. The fourth-order valence-electron chi connectivity index (χ4n) is 2.39. The molecule has 0 bridgehead atoms. The van der Waals surface area contributed by atoms with Crippen LogP contribution in [0.3, 0.4) is 0 Å². The first-order valence-corrected chi connectivity index (χ1v) is 7.74. The maximum absolute atomic E-state index is 10.2. The van der Waals surface area contributed by atoms with Gasteiger partial charge in [0.05, 0.1) is 18.2 Å². The zero-order valence-electron chi connectivity index (χ0n) is 11.5. The Morgan fingerprint density at radius 3 is 2.95 bits per heavy atom. The number of anilines is 1. The number of fused-ring (bicyclic) bond motifs is 1. The van der Waals surface area contributed by atoms with Crippen molar-refractivity contribution in [2.75, 3.05) is 17.2 Å². The molecule has 0 radical (unpaired) electrons. The number of hydrogen-bond donors (Lipinski definition) is 3. The van der Waals surface area contributed by atoms with Crippen LogP contribution in [0.5, 0.6) is 0 Å². The van der Waals surface area contributed by atoms with Crippen molar-refractivity contribution in [1.29, 1.82) is 0 Å². The number of terminal acetylenes is 1. The zero-order chi connectivity index (χ0) is 15.7. The lowest BCUT2D eigenvalue weighted by Crippen LogP contribution is -2.32. The molecule has 0 aliphatic carbocycles. The molecule has 116 valence electrons. The van der Waals surface area contributed by atoms with Gasteiger partial charge in [-0.15, -0.1) is 18.2 Å². The third-order valence-corrected chi connectivity index (χ3v) is 4.40. The second kappa shape index (κ2) is 6.10. The molecular weight excluding hydrogens is 306 g/mol. The third-order valence-electron chi connectivity index (χ3n) is 3.47. The fourth-order valence-corrected chi connectivity index (χ4v) is 3.13. The molecule has 0 amide bonds. The van der Waals surface area contributed by atoms with Gasteiger partial charge in [0.2, 0.25) is 0 Å². The molecule has 0 saturated carbocycles. The summed E-state index contributed by atoms with van der Waals surface area (Å²) in [6, 6.07) is 0. The first-order chi connectivity index (χ1) is 10.6. The first kappa shape index (κ1) is 15.1. The van der Waals surface area contributed by atoms with Gasteiger partial charge in [-0.1, -0.05) is 5.92 Å². The van der Waals surface area contributed by atoms with Crippen LogP contribution in [-0.2, 0) is 4.74 Å². The van der Waals surface area contributed by atoms with Gasteiger partial charge in [0.25, 0.3) is 0 Å². The topological polar surface area (TPSA) is 119 Å². The van der Waals surface area contributed by atoms with E-state index in [1.165, 1.54) is 24.4 Å². The molecule has 1 aliphatic rings. The predicted octanol–water partition coefficient (Wildman–Crippen LogP) is -0.606. The average molecular weight is 321 g/mol. The van der Waals surface area contributed by atoms with Crippen molar-refractivity contribution < 1.29 is 14.9 Å². The Balaban J connectivity index is 1.85. The van der Waals surface area contributed by atoms with E-state index < -0.39 is 24.5 Å². The summed E-state index contributed by atoms with van der Waals surface area (Å²) in [7, 11) is 0. The van der Waals surface area contributed by atoms with Gasteiger partial charge < -0.3 is 20.7 Å². The number of aromatic nitrogens is 4. The van der Waals surface area contributed by atoms with Crippen molar-refractivity contribution in [3.63, 3.8) is 0 Å². The van der Waals surface area contributed by atoms with Crippen LogP contribution in [0.1, 0.15) is 6.23 Å². The molecule has 0 aromatic carbocycles.